The number of aliphatic hydroxyl groups excluding tert-OH is 1. The molecule has 0 saturated carbocycles. The number of anilines is 1. The Balaban J connectivity index is 2.35. The smallest absolute Gasteiger partial charge is 0.203 e. The van der Waals surface area contributed by atoms with E-state index in [-0.39, 0.29) is 0 Å². The number of hydrogen-bond donors (Lipinski definition) is 3. The first kappa shape index (κ1) is 19.8. The summed E-state index contributed by atoms with van der Waals surface area (Å²) >= 11 is 0. The van der Waals surface area contributed by atoms with Crippen LogP contribution in [0.2, 0.25) is 0 Å². The van der Waals surface area contributed by atoms with Crippen LogP contribution in [-0.2, 0) is 0 Å². The molecule has 2 unspecified atom stereocenters. The number of benzene rings is 1. The molecule has 7 heteroatoms. The molecule has 0 aliphatic carbocycles. The van der Waals surface area contributed by atoms with E-state index in [0.717, 1.165) is 36.0 Å². The van der Waals surface area contributed by atoms with E-state index >= 15 is 0 Å². The Morgan fingerprint density at radius 2 is 2.23 bits per heavy atom. The highest BCUT2D eigenvalue weighted by Crippen LogP contribution is 2.35. The molecular formula is C19H29N5O2. The lowest BCUT2D eigenvalue weighted by Gasteiger charge is -2.15. The van der Waals surface area contributed by atoms with Gasteiger partial charge in [0.15, 0.2) is 0 Å². The summed E-state index contributed by atoms with van der Waals surface area (Å²) in [4.78, 5) is 7.89. The minimum Gasteiger partial charge on any atom is -0.494 e. The highest BCUT2D eigenvalue weighted by atomic mass is 16.5. The molecule has 0 bridgehead atoms. The molecule has 2 aromatic rings. The second kappa shape index (κ2) is 9.24. The van der Waals surface area contributed by atoms with Crippen LogP contribution in [-0.4, -0.2) is 47.2 Å². The molecule has 0 amide bonds. The molecular weight excluding hydrogens is 330 g/mol. The van der Waals surface area contributed by atoms with Crippen LogP contribution < -0.4 is 10.1 Å². The van der Waals surface area contributed by atoms with Gasteiger partial charge < -0.3 is 20.1 Å². The molecule has 2 atom stereocenters. The van der Waals surface area contributed by atoms with Gasteiger partial charge in [0.2, 0.25) is 5.95 Å². The number of ether oxygens (including phenoxy) is 1. The zero-order chi connectivity index (χ0) is 19.1. The maximum Gasteiger partial charge on any atom is 0.203 e. The van der Waals surface area contributed by atoms with E-state index in [1.807, 2.05) is 6.07 Å². The first-order valence-corrected chi connectivity index (χ1v) is 8.92. The molecule has 1 heterocycles. The van der Waals surface area contributed by atoms with Crippen molar-refractivity contribution in [1.82, 2.24) is 15.0 Å². The van der Waals surface area contributed by atoms with Crippen LogP contribution in [0, 0.1) is 0 Å². The second-order valence-corrected chi connectivity index (χ2v) is 6.21. The molecule has 0 aliphatic heterocycles. The molecule has 0 radical (unpaired) electrons. The molecule has 3 N–H and O–H groups in total. The zero-order valence-electron chi connectivity index (χ0n) is 16.0. The average molecular weight is 359 g/mol. The van der Waals surface area contributed by atoms with Crippen molar-refractivity contribution in [3.63, 3.8) is 0 Å². The van der Waals surface area contributed by atoms with Crippen LogP contribution in [0.1, 0.15) is 44.6 Å². The quantitative estimate of drug-likeness (QED) is 0.342. The number of imidazole rings is 1. The first-order valence-electron chi connectivity index (χ1n) is 8.92. The van der Waals surface area contributed by atoms with Crippen LogP contribution in [0.3, 0.4) is 0 Å². The van der Waals surface area contributed by atoms with Gasteiger partial charge >= 0.3 is 0 Å². The summed E-state index contributed by atoms with van der Waals surface area (Å²) in [6, 6.07) is 4.07. The van der Waals surface area contributed by atoms with Crippen LogP contribution in [0.5, 0.6) is 5.75 Å². The maximum atomic E-state index is 10.1. The molecule has 1 aromatic heterocycles. The number of nitrogens with one attached hydrogen (secondary N) is 2. The van der Waals surface area contributed by atoms with Crippen molar-refractivity contribution in [2.75, 3.05) is 19.5 Å². The molecule has 7 nitrogen and oxygen atoms in total. The lowest BCUT2D eigenvalue weighted by atomic mass is 9.91. The Hall–Kier alpha value is -2.54. The molecule has 0 saturated heterocycles. The average Bonchev–Trinajstić information content (AvgIpc) is 3.06. The van der Waals surface area contributed by atoms with E-state index in [1.165, 1.54) is 10.6 Å². The van der Waals surface area contributed by atoms with Gasteiger partial charge in [-0.3, -0.25) is 5.01 Å². The number of hydrazone groups is 1. The molecule has 0 fully saturated rings. The van der Waals surface area contributed by atoms with E-state index < -0.39 is 6.23 Å². The fourth-order valence-electron chi connectivity index (χ4n) is 3.03. The summed E-state index contributed by atoms with van der Waals surface area (Å²) in [7, 11) is 3.37. The third kappa shape index (κ3) is 4.54. The lowest BCUT2D eigenvalue weighted by molar-refractivity contribution is 0.249. The second-order valence-electron chi connectivity index (χ2n) is 6.21. The van der Waals surface area contributed by atoms with Crippen molar-refractivity contribution >= 4 is 23.7 Å². The number of fused-ring (bicyclic) bond motifs is 1. The van der Waals surface area contributed by atoms with Crippen molar-refractivity contribution in [3.8, 4) is 5.75 Å². The number of methoxy groups -OCH3 is 1. The summed E-state index contributed by atoms with van der Waals surface area (Å²) in [5.41, 5.74) is 2.92. The Bertz CT molecular complexity index is 756. The number of nitrogens with zero attached hydrogens (tertiary/aromatic N) is 3. The minimum atomic E-state index is -0.910. The van der Waals surface area contributed by atoms with Crippen molar-refractivity contribution < 1.29 is 9.84 Å². The van der Waals surface area contributed by atoms with E-state index in [1.54, 1.807) is 26.4 Å². The number of aromatic nitrogens is 2. The summed E-state index contributed by atoms with van der Waals surface area (Å²) < 4.78 is 5.47. The SMILES string of the molecule is C=NN(C)/C=C/C(O)Nc1nc2c(C(CC)CCC)ccc(OC)c2[nH]1. The highest BCUT2D eigenvalue weighted by molar-refractivity contribution is 5.87. The van der Waals surface area contributed by atoms with Gasteiger partial charge in [-0.05, 0) is 36.5 Å². The van der Waals surface area contributed by atoms with Gasteiger partial charge in [0.1, 0.15) is 17.5 Å². The van der Waals surface area contributed by atoms with Gasteiger partial charge in [0.05, 0.1) is 12.6 Å². The Kier molecular flexibility index (Phi) is 7.03. The topological polar surface area (TPSA) is 85.8 Å². The van der Waals surface area contributed by atoms with Gasteiger partial charge in [-0.2, -0.15) is 5.10 Å². The molecule has 2 rings (SSSR count). The molecule has 0 aliphatic rings. The first-order chi connectivity index (χ1) is 12.5. The van der Waals surface area contributed by atoms with Gasteiger partial charge in [-0.15, -0.1) is 0 Å². The minimum absolute atomic E-state index is 0.446. The van der Waals surface area contributed by atoms with Crippen molar-refractivity contribution in [3.05, 3.63) is 30.0 Å². The fraction of sp³-hybridized carbons (Fsp3) is 0.474. The van der Waals surface area contributed by atoms with Gasteiger partial charge in [-0.25, -0.2) is 4.98 Å². The third-order valence-electron chi connectivity index (χ3n) is 4.42. The maximum absolute atomic E-state index is 10.1. The number of aromatic amines is 1. The standard InChI is InChI=1S/C19H29N5O2/c1-6-8-13(7-2)14-9-10-15(26-5)18-17(14)22-19(23-18)21-16(25)11-12-24(4)20-3/h9-13,16,25H,3,6-8H2,1-2,4-5H3,(H2,21,22,23)/b12-11+. The van der Waals surface area contributed by atoms with Crippen molar-refractivity contribution in [2.45, 2.75) is 45.3 Å². The van der Waals surface area contributed by atoms with E-state index in [9.17, 15) is 5.11 Å². The Morgan fingerprint density at radius 1 is 1.46 bits per heavy atom. The highest BCUT2D eigenvalue weighted by Gasteiger charge is 2.18. The van der Waals surface area contributed by atoms with E-state index in [0.29, 0.717) is 11.9 Å². The number of hydrogen-bond acceptors (Lipinski definition) is 6. The monoisotopic (exact) mass is 359 g/mol. The number of H-pyrrole nitrogens is 1. The summed E-state index contributed by atoms with van der Waals surface area (Å²) in [6.07, 6.45) is 5.55. The number of aliphatic hydroxyl groups is 1. The molecule has 1 aromatic carbocycles. The summed E-state index contributed by atoms with van der Waals surface area (Å²) in [5, 5.41) is 18.3. The van der Waals surface area contributed by atoms with Crippen molar-refractivity contribution in [2.24, 2.45) is 5.10 Å². The normalized spacial score (nSPS) is 13.7. The van der Waals surface area contributed by atoms with Crippen LogP contribution >= 0.6 is 0 Å². The van der Waals surface area contributed by atoms with Gasteiger partial charge in [0, 0.05) is 20.0 Å². The van der Waals surface area contributed by atoms with Gasteiger partial charge in [-0.1, -0.05) is 26.3 Å². The fourth-order valence-corrected chi connectivity index (χ4v) is 3.03. The van der Waals surface area contributed by atoms with Gasteiger partial charge in [0.25, 0.3) is 0 Å². The van der Waals surface area contributed by atoms with Crippen molar-refractivity contribution in [1.29, 1.82) is 0 Å². The predicted molar refractivity (Wildman–Crippen MR) is 107 cm³/mol. The van der Waals surface area contributed by atoms with E-state index in [2.05, 4.69) is 47.0 Å². The largest absolute Gasteiger partial charge is 0.494 e. The molecule has 0 spiro atoms. The van der Waals surface area contributed by atoms with Crippen LogP contribution in [0.4, 0.5) is 5.95 Å². The summed E-state index contributed by atoms with van der Waals surface area (Å²) in [6.45, 7) is 7.80. The Morgan fingerprint density at radius 3 is 2.85 bits per heavy atom. The zero-order valence-corrected chi connectivity index (χ0v) is 16.0. The van der Waals surface area contributed by atoms with E-state index in [4.69, 9.17) is 4.74 Å². The lowest BCUT2D eigenvalue weighted by Crippen LogP contribution is -2.17. The Labute approximate surface area is 154 Å². The summed E-state index contributed by atoms with van der Waals surface area (Å²) in [5.74, 6) is 1.67. The van der Waals surface area contributed by atoms with Crippen LogP contribution in [0.15, 0.2) is 29.5 Å². The molecule has 26 heavy (non-hydrogen) atoms. The number of rotatable bonds is 10. The predicted octanol–water partition coefficient (Wildman–Crippen LogP) is 3.66. The third-order valence-corrected chi connectivity index (χ3v) is 4.42. The molecule has 142 valence electrons. The van der Waals surface area contributed by atoms with Crippen LogP contribution in [0.25, 0.3) is 11.0 Å².